The number of nitrogens with zero attached hydrogens (tertiary/aromatic N) is 2. The molecule has 0 aliphatic carbocycles. The molecular formula is C14H23N5O2. The number of hydrogen-bond donors (Lipinski definition) is 3. The zero-order chi connectivity index (χ0) is 15.4. The van der Waals surface area contributed by atoms with E-state index in [-0.39, 0.29) is 23.6 Å². The number of aromatic nitrogens is 2. The third-order valence-corrected chi connectivity index (χ3v) is 3.64. The first kappa shape index (κ1) is 15.3. The summed E-state index contributed by atoms with van der Waals surface area (Å²) in [6.07, 6.45) is 3.20. The van der Waals surface area contributed by atoms with Crippen LogP contribution in [-0.4, -0.2) is 46.0 Å². The van der Waals surface area contributed by atoms with E-state index in [4.69, 9.17) is 5.73 Å². The first-order valence-electron chi connectivity index (χ1n) is 7.44. The Kier molecular flexibility index (Phi) is 4.82. The highest BCUT2D eigenvalue weighted by Crippen LogP contribution is 2.16. The van der Waals surface area contributed by atoms with Crippen molar-refractivity contribution >= 4 is 17.5 Å². The maximum Gasteiger partial charge on any atom is 0.274 e. The quantitative estimate of drug-likeness (QED) is 0.717. The second-order valence-electron chi connectivity index (χ2n) is 5.53. The number of rotatable bonds is 6. The lowest BCUT2D eigenvalue weighted by Gasteiger charge is -2.21. The highest BCUT2D eigenvalue weighted by atomic mass is 16.2. The summed E-state index contributed by atoms with van der Waals surface area (Å²) in [7, 11) is 0. The van der Waals surface area contributed by atoms with Crippen molar-refractivity contribution in [2.24, 2.45) is 0 Å². The molecule has 4 N–H and O–H groups in total. The van der Waals surface area contributed by atoms with Crippen LogP contribution in [0.3, 0.4) is 0 Å². The lowest BCUT2D eigenvalue weighted by molar-refractivity contribution is -0.127. The highest BCUT2D eigenvalue weighted by molar-refractivity contribution is 5.97. The number of aromatic amines is 1. The Morgan fingerprint density at radius 2 is 2.33 bits per heavy atom. The number of nitrogens with two attached hydrogens (primary N) is 1. The molecule has 0 spiro atoms. The number of H-pyrrole nitrogens is 1. The summed E-state index contributed by atoms with van der Waals surface area (Å²) in [5, 5.41) is 9.64. The summed E-state index contributed by atoms with van der Waals surface area (Å²) < 4.78 is 0. The molecule has 1 fully saturated rings. The molecule has 0 saturated carbocycles. The first-order valence-corrected chi connectivity index (χ1v) is 7.44. The molecule has 2 rings (SSSR count). The van der Waals surface area contributed by atoms with Crippen molar-refractivity contribution < 1.29 is 9.59 Å². The van der Waals surface area contributed by atoms with Crippen molar-refractivity contribution in [1.82, 2.24) is 20.4 Å². The molecular weight excluding hydrogens is 270 g/mol. The number of carbonyl (C=O) groups excluding carboxylic acids is 2. The Labute approximate surface area is 124 Å². The number of nitrogens with one attached hydrogen (secondary N) is 2. The molecule has 1 atom stereocenters. The van der Waals surface area contributed by atoms with Crippen LogP contribution < -0.4 is 11.1 Å². The van der Waals surface area contributed by atoms with E-state index >= 15 is 0 Å². The van der Waals surface area contributed by atoms with Gasteiger partial charge in [-0.2, -0.15) is 5.10 Å². The van der Waals surface area contributed by atoms with Crippen LogP contribution in [0.15, 0.2) is 0 Å². The molecule has 2 heterocycles. The van der Waals surface area contributed by atoms with Gasteiger partial charge in [-0.1, -0.05) is 13.3 Å². The minimum atomic E-state index is -0.301. The van der Waals surface area contributed by atoms with Gasteiger partial charge < -0.3 is 16.0 Å². The summed E-state index contributed by atoms with van der Waals surface area (Å²) in [5.74, 6) is -0.147. The third-order valence-electron chi connectivity index (χ3n) is 3.64. The lowest BCUT2D eigenvalue weighted by Crippen LogP contribution is -2.42. The van der Waals surface area contributed by atoms with Crippen LogP contribution in [0.5, 0.6) is 0 Å². The third kappa shape index (κ3) is 3.53. The van der Waals surface area contributed by atoms with Gasteiger partial charge in [0.05, 0.1) is 11.4 Å². The number of carbonyl (C=O) groups is 2. The Morgan fingerprint density at radius 3 is 2.95 bits per heavy atom. The van der Waals surface area contributed by atoms with Gasteiger partial charge in [-0.15, -0.1) is 0 Å². The average molecular weight is 293 g/mol. The summed E-state index contributed by atoms with van der Waals surface area (Å²) in [5.41, 5.74) is 7.38. The molecule has 2 amide bonds. The van der Waals surface area contributed by atoms with Gasteiger partial charge in [0.1, 0.15) is 0 Å². The topological polar surface area (TPSA) is 104 Å². The molecule has 0 radical (unpaired) electrons. The van der Waals surface area contributed by atoms with E-state index in [1.165, 1.54) is 0 Å². The minimum Gasteiger partial charge on any atom is -0.395 e. The first-order chi connectivity index (χ1) is 10.0. The van der Waals surface area contributed by atoms with E-state index in [1.54, 1.807) is 4.90 Å². The van der Waals surface area contributed by atoms with Crippen molar-refractivity contribution in [3.05, 3.63) is 11.4 Å². The van der Waals surface area contributed by atoms with E-state index < -0.39 is 0 Å². The number of amides is 2. The number of anilines is 1. The van der Waals surface area contributed by atoms with Crippen LogP contribution in [0, 0.1) is 0 Å². The monoisotopic (exact) mass is 293 g/mol. The number of aryl methyl sites for hydroxylation is 1. The van der Waals surface area contributed by atoms with Gasteiger partial charge in [0.25, 0.3) is 5.91 Å². The number of nitrogen functional groups attached to an aromatic ring is 1. The predicted molar refractivity (Wildman–Crippen MR) is 79.7 cm³/mol. The summed E-state index contributed by atoms with van der Waals surface area (Å²) in [6, 6.07) is -0.134. The standard InChI is InChI=1S/C14H23N5O2/c1-3-5-10-12(15)13(18-17-10)14(21)16-9(2)8-19-7-4-6-11(19)20/h9H,3-8,15H2,1-2H3,(H,16,21)(H,17,18). The maximum absolute atomic E-state index is 12.2. The average Bonchev–Trinajstić information content (AvgIpc) is 2.98. The van der Waals surface area contributed by atoms with Gasteiger partial charge in [-0.3, -0.25) is 14.7 Å². The van der Waals surface area contributed by atoms with Crippen LogP contribution in [0.4, 0.5) is 5.69 Å². The van der Waals surface area contributed by atoms with Gasteiger partial charge in [0.15, 0.2) is 5.69 Å². The molecule has 7 heteroatoms. The molecule has 7 nitrogen and oxygen atoms in total. The predicted octanol–water partition coefficient (Wildman–Crippen LogP) is 0.685. The Morgan fingerprint density at radius 1 is 1.57 bits per heavy atom. The summed E-state index contributed by atoms with van der Waals surface area (Å²) >= 11 is 0. The van der Waals surface area contributed by atoms with Gasteiger partial charge in [-0.05, 0) is 19.8 Å². The minimum absolute atomic E-state index is 0.134. The molecule has 1 aromatic rings. The largest absolute Gasteiger partial charge is 0.395 e. The number of likely N-dealkylation sites (tertiary alicyclic amines) is 1. The van der Waals surface area contributed by atoms with E-state index in [9.17, 15) is 9.59 Å². The normalized spacial score (nSPS) is 16.3. The second kappa shape index (κ2) is 6.60. The molecule has 0 bridgehead atoms. The van der Waals surface area contributed by atoms with Gasteiger partial charge >= 0.3 is 0 Å². The SMILES string of the molecule is CCCc1[nH]nc(C(=O)NC(C)CN2CCCC2=O)c1N. The van der Waals surface area contributed by atoms with Gasteiger partial charge in [0, 0.05) is 25.6 Å². The fourth-order valence-electron chi connectivity index (χ4n) is 2.57. The molecule has 116 valence electrons. The second-order valence-corrected chi connectivity index (χ2v) is 5.53. The van der Waals surface area contributed by atoms with E-state index in [0.717, 1.165) is 31.5 Å². The maximum atomic E-state index is 12.2. The molecule has 0 aromatic carbocycles. The van der Waals surface area contributed by atoms with Gasteiger partial charge in [0.2, 0.25) is 5.91 Å². The summed E-state index contributed by atoms with van der Waals surface area (Å²) in [6.45, 7) is 5.20. The molecule has 21 heavy (non-hydrogen) atoms. The van der Waals surface area contributed by atoms with Crippen LogP contribution in [0.1, 0.15) is 49.3 Å². The van der Waals surface area contributed by atoms with Crippen molar-refractivity contribution in [2.45, 2.75) is 45.6 Å². The van der Waals surface area contributed by atoms with Crippen LogP contribution >= 0.6 is 0 Å². The van der Waals surface area contributed by atoms with Crippen molar-refractivity contribution in [1.29, 1.82) is 0 Å². The van der Waals surface area contributed by atoms with Crippen LogP contribution in [-0.2, 0) is 11.2 Å². The van der Waals surface area contributed by atoms with Crippen LogP contribution in [0.2, 0.25) is 0 Å². The fourth-order valence-corrected chi connectivity index (χ4v) is 2.57. The van der Waals surface area contributed by atoms with Crippen molar-refractivity contribution in [2.75, 3.05) is 18.8 Å². The molecule has 1 aliphatic heterocycles. The van der Waals surface area contributed by atoms with E-state index in [1.807, 2.05) is 13.8 Å². The highest BCUT2D eigenvalue weighted by Gasteiger charge is 2.24. The van der Waals surface area contributed by atoms with Crippen molar-refractivity contribution in [3.63, 3.8) is 0 Å². The smallest absolute Gasteiger partial charge is 0.274 e. The fraction of sp³-hybridized carbons (Fsp3) is 0.643. The zero-order valence-electron chi connectivity index (χ0n) is 12.6. The zero-order valence-corrected chi connectivity index (χ0v) is 12.6. The Hall–Kier alpha value is -2.05. The van der Waals surface area contributed by atoms with E-state index in [0.29, 0.717) is 18.7 Å². The van der Waals surface area contributed by atoms with E-state index in [2.05, 4.69) is 15.5 Å². The lowest BCUT2D eigenvalue weighted by atomic mass is 10.2. The Bertz CT molecular complexity index is 525. The van der Waals surface area contributed by atoms with Crippen LogP contribution in [0.25, 0.3) is 0 Å². The molecule has 1 aliphatic rings. The molecule has 1 saturated heterocycles. The van der Waals surface area contributed by atoms with Gasteiger partial charge in [-0.25, -0.2) is 0 Å². The Balaban J connectivity index is 1.93. The molecule has 1 aromatic heterocycles. The number of hydrogen-bond acceptors (Lipinski definition) is 4. The molecule has 1 unspecified atom stereocenters. The summed E-state index contributed by atoms with van der Waals surface area (Å²) in [4.78, 5) is 25.5. The van der Waals surface area contributed by atoms with Crippen molar-refractivity contribution in [3.8, 4) is 0 Å².